The Hall–Kier alpha value is -2.23. The Balaban J connectivity index is 2.15. The van der Waals surface area contributed by atoms with E-state index in [2.05, 4.69) is 11.4 Å². The number of halogens is 1. The van der Waals surface area contributed by atoms with Crippen LogP contribution in [0.3, 0.4) is 0 Å². The second-order valence-electron chi connectivity index (χ2n) is 5.86. The maximum Gasteiger partial charge on any atom is 0.227 e. The molecule has 1 aliphatic carbocycles. The smallest absolute Gasteiger partial charge is 0.227 e. The molecule has 3 rings (SSSR count). The minimum absolute atomic E-state index is 0.0328. The minimum Gasteiger partial charge on any atom is -0.369 e. The van der Waals surface area contributed by atoms with Crippen LogP contribution in [0, 0.1) is 11.3 Å². The quantitative estimate of drug-likeness (QED) is 0.845. The molecule has 7 heteroatoms. The molecule has 3 N–H and O–H groups in total. The van der Waals surface area contributed by atoms with Crippen LogP contribution >= 0.6 is 23.4 Å². The highest BCUT2D eigenvalue weighted by molar-refractivity contribution is 8.03. The van der Waals surface area contributed by atoms with E-state index in [1.165, 1.54) is 11.8 Å². The highest BCUT2D eigenvalue weighted by Crippen LogP contribution is 2.45. The number of nitrogens with two attached hydrogens (primary N) is 1. The number of allylic oxidation sites excluding steroid dienone is 3. The third-order valence-corrected chi connectivity index (χ3v) is 5.62. The average molecular weight is 374 g/mol. The maximum absolute atomic E-state index is 12.6. The lowest BCUT2D eigenvalue weighted by Crippen LogP contribution is -2.32. The Labute approximate surface area is 154 Å². The number of primary amides is 1. The van der Waals surface area contributed by atoms with Crippen LogP contribution in [0.4, 0.5) is 0 Å². The highest BCUT2D eigenvalue weighted by Gasteiger charge is 2.37. The van der Waals surface area contributed by atoms with Gasteiger partial charge in [0.25, 0.3) is 0 Å². The number of benzene rings is 1. The summed E-state index contributed by atoms with van der Waals surface area (Å²) in [5, 5.41) is 14.0. The fraction of sp³-hybridized carbons (Fsp3) is 0.278. The topological polar surface area (TPSA) is 96.0 Å². The first-order valence-corrected chi connectivity index (χ1v) is 9.22. The van der Waals surface area contributed by atoms with E-state index >= 15 is 0 Å². The fourth-order valence-corrected chi connectivity index (χ4v) is 4.25. The Morgan fingerprint density at radius 1 is 1.40 bits per heavy atom. The van der Waals surface area contributed by atoms with E-state index in [-0.39, 0.29) is 11.5 Å². The number of Topliss-reactive ketones (excluding diaryl/α,β-unsaturated/α-hetero) is 1. The molecule has 0 spiro atoms. The summed E-state index contributed by atoms with van der Waals surface area (Å²) >= 11 is 7.55. The fourth-order valence-electron chi connectivity index (χ4n) is 3.20. The number of thioether (sulfide) groups is 1. The van der Waals surface area contributed by atoms with Crippen molar-refractivity contribution in [1.82, 2.24) is 5.32 Å². The van der Waals surface area contributed by atoms with Gasteiger partial charge >= 0.3 is 0 Å². The number of nitrogens with zero attached hydrogens (tertiary/aromatic N) is 1. The predicted molar refractivity (Wildman–Crippen MR) is 97.5 cm³/mol. The summed E-state index contributed by atoms with van der Waals surface area (Å²) in [4.78, 5) is 23.8. The van der Waals surface area contributed by atoms with Crippen LogP contribution in [0.1, 0.15) is 30.7 Å². The van der Waals surface area contributed by atoms with E-state index in [0.29, 0.717) is 27.6 Å². The summed E-state index contributed by atoms with van der Waals surface area (Å²) < 4.78 is 0. The summed E-state index contributed by atoms with van der Waals surface area (Å²) in [6.45, 7) is 0. The second kappa shape index (κ2) is 7.34. The van der Waals surface area contributed by atoms with Crippen LogP contribution in [0.2, 0.25) is 5.02 Å². The van der Waals surface area contributed by atoms with Crippen molar-refractivity contribution in [2.24, 2.45) is 5.73 Å². The normalized spacial score (nSPS) is 20.0. The zero-order valence-corrected chi connectivity index (χ0v) is 14.9. The zero-order chi connectivity index (χ0) is 18.0. The van der Waals surface area contributed by atoms with Crippen molar-refractivity contribution in [2.75, 3.05) is 5.75 Å². The van der Waals surface area contributed by atoms with E-state index in [1.807, 2.05) is 18.2 Å². The van der Waals surface area contributed by atoms with Crippen molar-refractivity contribution in [2.45, 2.75) is 25.2 Å². The third-order valence-electron chi connectivity index (χ3n) is 4.24. The first-order valence-electron chi connectivity index (χ1n) is 7.86. The molecule has 25 heavy (non-hydrogen) atoms. The van der Waals surface area contributed by atoms with Crippen LogP contribution < -0.4 is 11.1 Å². The SMILES string of the molecule is N#CC1=C(SCC(N)=O)NC2=C(C(=O)CCC2)C1c1ccccc1Cl. The van der Waals surface area contributed by atoms with Gasteiger partial charge < -0.3 is 11.1 Å². The van der Waals surface area contributed by atoms with Crippen molar-refractivity contribution in [1.29, 1.82) is 5.26 Å². The van der Waals surface area contributed by atoms with Gasteiger partial charge in [0.15, 0.2) is 5.78 Å². The van der Waals surface area contributed by atoms with Crippen molar-refractivity contribution in [3.63, 3.8) is 0 Å². The largest absolute Gasteiger partial charge is 0.369 e. The summed E-state index contributed by atoms with van der Waals surface area (Å²) in [7, 11) is 0. The Kier molecular flexibility index (Phi) is 5.16. The van der Waals surface area contributed by atoms with Crippen LogP contribution in [0.5, 0.6) is 0 Å². The zero-order valence-electron chi connectivity index (χ0n) is 13.3. The van der Waals surface area contributed by atoms with Gasteiger partial charge in [-0.05, 0) is 24.5 Å². The van der Waals surface area contributed by atoms with Gasteiger partial charge in [-0.15, -0.1) is 0 Å². The van der Waals surface area contributed by atoms with Crippen molar-refractivity contribution < 1.29 is 9.59 Å². The van der Waals surface area contributed by atoms with E-state index in [9.17, 15) is 14.9 Å². The Morgan fingerprint density at radius 3 is 2.84 bits per heavy atom. The molecule has 1 unspecified atom stereocenters. The van der Waals surface area contributed by atoms with Crippen molar-refractivity contribution in [3.05, 3.63) is 56.7 Å². The molecule has 0 aromatic heterocycles. The molecule has 5 nitrogen and oxygen atoms in total. The van der Waals surface area contributed by atoms with Gasteiger partial charge in [0.05, 0.1) is 28.3 Å². The number of hydrogen-bond acceptors (Lipinski definition) is 5. The number of nitrogens with one attached hydrogen (secondary N) is 1. The molecule has 1 atom stereocenters. The van der Waals surface area contributed by atoms with Gasteiger partial charge in [-0.2, -0.15) is 5.26 Å². The molecule has 0 saturated carbocycles. The lowest BCUT2D eigenvalue weighted by atomic mass is 9.77. The lowest BCUT2D eigenvalue weighted by molar-refractivity contribution is -0.116. The second-order valence-corrected chi connectivity index (χ2v) is 7.25. The number of hydrogen-bond donors (Lipinski definition) is 2. The highest BCUT2D eigenvalue weighted by atomic mass is 35.5. The molecular weight excluding hydrogens is 358 g/mol. The summed E-state index contributed by atoms with van der Waals surface area (Å²) in [6, 6.07) is 9.43. The number of carbonyl (C=O) groups is 2. The van der Waals surface area contributed by atoms with Crippen molar-refractivity contribution >= 4 is 35.1 Å². The average Bonchev–Trinajstić information content (AvgIpc) is 2.59. The van der Waals surface area contributed by atoms with Gasteiger partial charge in [0.1, 0.15) is 0 Å². The van der Waals surface area contributed by atoms with Gasteiger partial charge in [-0.1, -0.05) is 41.6 Å². The summed E-state index contributed by atoms with van der Waals surface area (Å²) in [6.07, 6.45) is 1.95. The van der Waals surface area contributed by atoms with E-state index in [0.717, 1.165) is 24.1 Å². The summed E-state index contributed by atoms with van der Waals surface area (Å²) in [5.74, 6) is -0.895. The number of dihydropyridines is 1. The van der Waals surface area contributed by atoms with Crippen LogP contribution in [0.15, 0.2) is 46.1 Å². The van der Waals surface area contributed by atoms with Crippen LogP contribution in [-0.2, 0) is 9.59 Å². The molecule has 1 aromatic rings. The van der Waals surface area contributed by atoms with E-state index in [1.54, 1.807) is 6.07 Å². The van der Waals surface area contributed by atoms with Gasteiger partial charge in [0, 0.05) is 22.7 Å². The van der Waals surface area contributed by atoms with E-state index < -0.39 is 11.8 Å². The number of amides is 1. The first kappa shape index (κ1) is 17.6. The molecule has 0 radical (unpaired) electrons. The molecule has 1 aliphatic heterocycles. The molecule has 0 saturated heterocycles. The first-order chi connectivity index (χ1) is 12.0. The molecule has 1 heterocycles. The monoisotopic (exact) mass is 373 g/mol. The van der Waals surface area contributed by atoms with Gasteiger partial charge in [-0.25, -0.2) is 0 Å². The third kappa shape index (κ3) is 3.44. The molecule has 128 valence electrons. The van der Waals surface area contributed by atoms with Crippen LogP contribution in [-0.4, -0.2) is 17.4 Å². The summed E-state index contributed by atoms with van der Waals surface area (Å²) in [5.41, 5.74) is 7.78. The maximum atomic E-state index is 12.6. The Bertz CT molecular complexity index is 854. The number of carbonyl (C=O) groups excluding carboxylic acids is 2. The Morgan fingerprint density at radius 2 is 2.16 bits per heavy atom. The number of rotatable bonds is 4. The molecule has 0 bridgehead atoms. The minimum atomic E-state index is -0.516. The van der Waals surface area contributed by atoms with Gasteiger partial charge in [-0.3, -0.25) is 9.59 Å². The van der Waals surface area contributed by atoms with Gasteiger partial charge in [0.2, 0.25) is 5.91 Å². The number of nitriles is 1. The van der Waals surface area contributed by atoms with Crippen molar-refractivity contribution in [3.8, 4) is 6.07 Å². The molecule has 1 amide bonds. The molecule has 0 fully saturated rings. The van der Waals surface area contributed by atoms with E-state index in [4.69, 9.17) is 17.3 Å². The standard InChI is InChI=1S/C18H16ClN3O2S/c19-12-5-2-1-4-10(12)16-11(8-20)18(25-9-15(21)24)22-13-6-3-7-14(23)17(13)16/h1-2,4-5,16,22H,3,6-7,9H2,(H2,21,24). The predicted octanol–water partition coefficient (Wildman–Crippen LogP) is 2.99. The molecular formula is C18H16ClN3O2S. The lowest BCUT2D eigenvalue weighted by Gasteiger charge is -2.33. The van der Waals surface area contributed by atoms with Crippen LogP contribution in [0.25, 0.3) is 0 Å². The molecule has 1 aromatic carbocycles. The number of ketones is 1. The molecule has 2 aliphatic rings.